The maximum Gasteiger partial charge on any atom is 0.456 e. The van der Waals surface area contributed by atoms with Crippen molar-refractivity contribution in [2.45, 2.75) is 59.5 Å². The summed E-state index contributed by atoms with van der Waals surface area (Å²) in [6.45, 7) is 8.59. The third kappa shape index (κ3) is 9.63. The molecule has 0 N–H and O–H groups in total. The first kappa shape index (κ1) is 17.6. The van der Waals surface area contributed by atoms with Crippen molar-refractivity contribution in [3.05, 3.63) is 0 Å². The fraction of sp³-hybridized carbons (Fsp3) is 0.917. The van der Waals surface area contributed by atoms with E-state index in [-0.39, 0.29) is 6.10 Å². The largest absolute Gasteiger partial charge is 0.480 e. The predicted octanol–water partition coefficient (Wildman–Crippen LogP) is 4.18. The van der Waals surface area contributed by atoms with Crippen molar-refractivity contribution in [3.63, 3.8) is 0 Å². The molecule has 0 rings (SSSR count). The van der Waals surface area contributed by atoms with Crippen LogP contribution in [0.4, 0.5) is 0 Å². The van der Waals surface area contributed by atoms with Gasteiger partial charge in [0.05, 0.1) is 19.3 Å². The lowest BCUT2D eigenvalue weighted by atomic mass is 10.4. The Bertz CT molecular complexity index is 255. The maximum absolute atomic E-state index is 12.2. The summed E-state index contributed by atoms with van der Waals surface area (Å²) in [5.74, 6) is 0. The number of hydrogen-bond acceptors (Lipinski definition) is 4. The van der Waals surface area contributed by atoms with Crippen molar-refractivity contribution in [2.24, 2.45) is 4.76 Å². The molecule has 18 heavy (non-hydrogen) atoms. The first-order valence-electron chi connectivity index (χ1n) is 6.62. The second-order valence-electron chi connectivity index (χ2n) is 4.25. The Kier molecular flexibility index (Phi) is 10.3. The molecule has 6 heteroatoms. The Morgan fingerprint density at radius 3 is 2.00 bits per heavy atom. The van der Waals surface area contributed by atoms with Gasteiger partial charge in [0.15, 0.2) is 6.40 Å². The summed E-state index contributed by atoms with van der Waals surface area (Å²) in [6.07, 6.45) is 4.78. The van der Waals surface area contributed by atoms with Gasteiger partial charge in [-0.2, -0.15) is 0 Å². The molecule has 0 fully saturated rings. The lowest BCUT2D eigenvalue weighted by Gasteiger charge is -2.13. The van der Waals surface area contributed by atoms with Gasteiger partial charge in [0.1, 0.15) is 0 Å². The molecule has 0 spiro atoms. The lowest BCUT2D eigenvalue weighted by molar-refractivity contribution is 0.198. The summed E-state index contributed by atoms with van der Waals surface area (Å²) in [7, 11) is -3.39. The Hall–Kier alpha value is -0.380. The quantitative estimate of drug-likeness (QED) is 0.246. The predicted molar refractivity (Wildman–Crippen MR) is 74.0 cm³/mol. The van der Waals surface area contributed by atoms with Crippen LogP contribution in [0.15, 0.2) is 4.76 Å². The topological polar surface area (TPSA) is 57.1 Å². The SMILES string of the molecule is CCCCOP(=O)(/N=C\OC(C)C)OCCCC. The first-order chi connectivity index (χ1) is 8.54. The van der Waals surface area contributed by atoms with Gasteiger partial charge >= 0.3 is 7.75 Å². The lowest BCUT2D eigenvalue weighted by Crippen LogP contribution is -2.02. The summed E-state index contributed by atoms with van der Waals surface area (Å²) in [6, 6.07) is 0. The van der Waals surface area contributed by atoms with Gasteiger partial charge in [-0.1, -0.05) is 26.7 Å². The Labute approximate surface area is 111 Å². The zero-order valence-electron chi connectivity index (χ0n) is 11.9. The number of rotatable bonds is 11. The molecule has 0 unspecified atom stereocenters. The molecule has 0 heterocycles. The average Bonchev–Trinajstić information content (AvgIpc) is 2.29. The van der Waals surface area contributed by atoms with Gasteiger partial charge in [-0.25, -0.2) is 4.57 Å². The fourth-order valence-corrected chi connectivity index (χ4v) is 2.06. The van der Waals surface area contributed by atoms with Gasteiger partial charge in [0.2, 0.25) is 0 Å². The number of ether oxygens (including phenoxy) is 1. The highest BCUT2D eigenvalue weighted by atomic mass is 31.2. The van der Waals surface area contributed by atoms with Crippen LogP contribution < -0.4 is 0 Å². The van der Waals surface area contributed by atoms with E-state index in [1.807, 2.05) is 27.7 Å². The maximum atomic E-state index is 12.2. The highest BCUT2D eigenvalue weighted by Gasteiger charge is 2.23. The van der Waals surface area contributed by atoms with Crippen LogP contribution in [0, 0.1) is 0 Å². The standard InChI is InChI=1S/C12H26NO4P/c1-5-7-9-16-18(14,17-10-8-6-2)13-11-15-12(3)4/h11-12H,5-10H2,1-4H3/b13-11-. The smallest absolute Gasteiger partial charge is 0.456 e. The van der Waals surface area contributed by atoms with Gasteiger partial charge in [0, 0.05) is 0 Å². The van der Waals surface area contributed by atoms with Crippen molar-refractivity contribution in [1.82, 2.24) is 0 Å². The number of unbranched alkanes of at least 4 members (excludes halogenated alkanes) is 2. The molecule has 0 saturated carbocycles. The van der Waals surface area contributed by atoms with E-state index in [1.165, 1.54) is 6.40 Å². The summed E-state index contributed by atoms with van der Waals surface area (Å²) < 4.78 is 31.7. The molecule has 0 aliphatic heterocycles. The molecule has 108 valence electrons. The molecule has 0 saturated heterocycles. The van der Waals surface area contributed by atoms with E-state index >= 15 is 0 Å². The molecule has 0 aromatic heterocycles. The minimum Gasteiger partial charge on any atom is -0.480 e. The van der Waals surface area contributed by atoms with Crippen LogP contribution in [0.1, 0.15) is 53.4 Å². The van der Waals surface area contributed by atoms with E-state index in [1.54, 1.807) is 0 Å². The second-order valence-corrected chi connectivity index (χ2v) is 5.93. The molecule has 0 aromatic carbocycles. The molecular weight excluding hydrogens is 253 g/mol. The van der Waals surface area contributed by atoms with Crippen molar-refractivity contribution >= 4 is 14.1 Å². The van der Waals surface area contributed by atoms with E-state index < -0.39 is 7.75 Å². The average molecular weight is 279 g/mol. The van der Waals surface area contributed by atoms with Crippen LogP contribution in [0.3, 0.4) is 0 Å². The normalized spacial score (nSPS) is 12.5. The van der Waals surface area contributed by atoms with Crippen LogP contribution in [0.2, 0.25) is 0 Å². The monoisotopic (exact) mass is 279 g/mol. The summed E-state index contributed by atoms with van der Waals surface area (Å²) in [5.41, 5.74) is 0. The molecule has 0 bridgehead atoms. The van der Waals surface area contributed by atoms with Gasteiger partial charge < -0.3 is 4.74 Å². The molecule has 0 aromatic rings. The Balaban J connectivity index is 4.29. The molecule has 5 nitrogen and oxygen atoms in total. The number of hydrogen-bond donors (Lipinski definition) is 0. The molecule has 0 amide bonds. The van der Waals surface area contributed by atoms with Crippen LogP contribution >= 0.6 is 7.75 Å². The number of nitrogens with zero attached hydrogens (tertiary/aromatic N) is 1. The highest BCUT2D eigenvalue weighted by molar-refractivity contribution is 7.52. The third-order valence-electron chi connectivity index (χ3n) is 2.03. The van der Waals surface area contributed by atoms with E-state index in [0.717, 1.165) is 25.7 Å². The van der Waals surface area contributed by atoms with E-state index in [9.17, 15) is 4.57 Å². The summed E-state index contributed by atoms with van der Waals surface area (Å²) in [4.78, 5) is 0. The van der Waals surface area contributed by atoms with Crippen molar-refractivity contribution in [2.75, 3.05) is 13.2 Å². The minimum atomic E-state index is -3.39. The molecule has 0 aliphatic rings. The zero-order chi connectivity index (χ0) is 13.9. The third-order valence-corrected chi connectivity index (χ3v) is 3.42. The van der Waals surface area contributed by atoms with E-state index in [2.05, 4.69) is 4.76 Å². The van der Waals surface area contributed by atoms with Crippen LogP contribution in [0.25, 0.3) is 0 Å². The van der Waals surface area contributed by atoms with E-state index in [4.69, 9.17) is 13.8 Å². The minimum absolute atomic E-state index is 0.00603. The van der Waals surface area contributed by atoms with Gasteiger partial charge in [0.25, 0.3) is 0 Å². The van der Waals surface area contributed by atoms with Crippen LogP contribution in [-0.2, 0) is 18.3 Å². The summed E-state index contributed by atoms with van der Waals surface area (Å²) >= 11 is 0. The first-order valence-corrected chi connectivity index (χ1v) is 8.12. The Morgan fingerprint density at radius 2 is 1.61 bits per heavy atom. The van der Waals surface area contributed by atoms with Gasteiger partial charge in [-0.15, -0.1) is 4.76 Å². The molecular formula is C12H26NO4P. The van der Waals surface area contributed by atoms with Gasteiger partial charge in [-0.3, -0.25) is 9.05 Å². The van der Waals surface area contributed by atoms with Crippen LogP contribution in [0.5, 0.6) is 0 Å². The van der Waals surface area contributed by atoms with Crippen LogP contribution in [-0.4, -0.2) is 25.7 Å². The van der Waals surface area contributed by atoms with Crippen molar-refractivity contribution in [3.8, 4) is 0 Å². The van der Waals surface area contributed by atoms with E-state index in [0.29, 0.717) is 13.2 Å². The van der Waals surface area contributed by atoms with Crippen molar-refractivity contribution < 1.29 is 18.3 Å². The Morgan fingerprint density at radius 1 is 1.11 bits per heavy atom. The summed E-state index contributed by atoms with van der Waals surface area (Å²) in [5, 5.41) is 0. The molecule has 0 radical (unpaired) electrons. The molecule has 0 aliphatic carbocycles. The van der Waals surface area contributed by atoms with Crippen molar-refractivity contribution in [1.29, 1.82) is 0 Å². The highest BCUT2D eigenvalue weighted by Crippen LogP contribution is 2.49. The second kappa shape index (κ2) is 10.5. The fourth-order valence-electron chi connectivity index (χ4n) is 0.959. The molecule has 0 atom stereocenters. The zero-order valence-corrected chi connectivity index (χ0v) is 12.8. The van der Waals surface area contributed by atoms with Gasteiger partial charge in [-0.05, 0) is 26.7 Å².